The molecule has 4 aliphatic carbocycles. The molecule has 2 fully saturated rings. The molecule has 0 amide bonds. The van der Waals surface area contributed by atoms with E-state index in [2.05, 4.69) is 13.8 Å². The molecule has 0 aromatic rings. The van der Waals surface area contributed by atoms with Crippen molar-refractivity contribution in [2.75, 3.05) is 6.61 Å². The van der Waals surface area contributed by atoms with Gasteiger partial charge in [-0.15, -0.1) is 0 Å². The fourth-order valence-electron chi connectivity index (χ4n) is 6.91. The Morgan fingerprint density at radius 3 is 2.58 bits per heavy atom. The molecule has 2 saturated carbocycles. The molecule has 31 heavy (non-hydrogen) atoms. The Balaban J connectivity index is 1.91. The first-order valence-electron chi connectivity index (χ1n) is 11.2. The number of carbonyl (C=O) groups excluding carboxylic acids is 2. The minimum atomic E-state index is -2.08. The number of Topliss-reactive ketones (excluding diaryl/α,β-unsaturated/α-hetero) is 1. The summed E-state index contributed by atoms with van der Waals surface area (Å²) >= 11 is 0. The fraction of sp³-hybridized carbons (Fsp3) is 0.680. The van der Waals surface area contributed by atoms with Crippen molar-refractivity contribution >= 4 is 11.8 Å². The van der Waals surface area contributed by atoms with Crippen molar-refractivity contribution in [1.82, 2.24) is 0 Å². The predicted octanol–water partition coefficient (Wildman–Crippen LogP) is 2.33. The van der Waals surface area contributed by atoms with Gasteiger partial charge in [0.15, 0.2) is 17.5 Å². The molecule has 0 aromatic carbocycles. The lowest BCUT2D eigenvalue weighted by atomic mass is 9.59. The highest BCUT2D eigenvalue weighted by molar-refractivity contribution is 5.96. The molecule has 0 aliphatic heterocycles. The third kappa shape index (κ3) is 2.61. The van der Waals surface area contributed by atoms with E-state index in [1.165, 1.54) is 0 Å². The van der Waals surface area contributed by atoms with Crippen LogP contribution in [0.15, 0.2) is 34.9 Å². The van der Waals surface area contributed by atoms with Crippen molar-refractivity contribution in [1.29, 1.82) is 0 Å². The van der Waals surface area contributed by atoms with E-state index >= 15 is 0 Å². The standard InChI is InChI=1S/C25H34O6/c1-7-12(2)22(29)31-21-13(3)10-24-14(4)8-17-18(23(17,5)6)16(20(24)28)9-15(11-26)19(27)25(21,24)30/h7,9-10,14,16-19,21,26-27,30H,8,11H2,1-6H3/b12-7+/t14-,16-,17?,18?,19-,21+,24+,25+/m1/s1. The van der Waals surface area contributed by atoms with Gasteiger partial charge in [0.25, 0.3) is 0 Å². The van der Waals surface area contributed by atoms with E-state index in [-0.39, 0.29) is 28.6 Å². The molecule has 6 nitrogen and oxygen atoms in total. The number of ketones is 1. The Hall–Kier alpha value is -1.76. The topological polar surface area (TPSA) is 104 Å². The maximum absolute atomic E-state index is 14.2. The third-order valence-electron chi connectivity index (χ3n) is 8.88. The number of carbonyl (C=O) groups is 2. The van der Waals surface area contributed by atoms with Crippen molar-refractivity contribution < 1.29 is 29.6 Å². The molecule has 8 atom stereocenters. The number of fused-ring (bicyclic) bond motifs is 3. The zero-order valence-electron chi connectivity index (χ0n) is 19.2. The SMILES string of the molecule is C/C=C(\C)C(=O)O[C@H]1C(C)=C[C@]23C(=O)[C@H](C=C(CO)[C@@H](O)[C@]12O)C1C(C[C@H]3C)C1(C)C. The van der Waals surface area contributed by atoms with E-state index in [0.29, 0.717) is 17.1 Å². The summed E-state index contributed by atoms with van der Waals surface area (Å²) in [7, 11) is 0. The Morgan fingerprint density at radius 1 is 1.35 bits per heavy atom. The minimum absolute atomic E-state index is 0.0209. The van der Waals surface area contributed by atoms with E-state index in [1.807, 2.05) is 6.92 Å². The van der Waals surface area contributed by atoms with Crippen molar-refractivity contribution in [3.63, 3.8) is 0 Å². The van der Waals surface area contributed by atoms with Crippen LogP contribution in [0, 0.1) is 34.5 Å². The summed E-state index contributed by atoms with van der Waals surface area (Å²) in [6.45, 7) is 10.8. The first-order valence-corrected chi connectivity index (χ1v) is 11.2. The quantitative estimate of drug-likeness (QED) is 0.361. The number of esters is 1. The monoisotopic (exact) mass is 430 g/mol. The molecule has 170 valence electrons. The molecule has 0 radical (unpaired) electrons. The summed E-state index contributed by atoms with van der Waals surface area (Å²) in [5.41, 5.74) is -2.36. The van der Waals surface area contributed by atoms with Crippen LogP contribution in [0.4, 0.5) is 0 Å². The lowest BCUT2D eigenvalue weighted by Gasteiger charge is -2.48. The highest BCUT2D eigenvalue weighted by Crippen LogP contribution is 2.71. The van der Waals surface area contributed by atoms with Crippen molar-refractivity contribution in [3.8, 4) is 0 Å². The summed E-state index contributed by atoms with van der Waals surface area (Å²) in [6.07, 6.45) is 3.04. The van der Waals surface area contributed by atoms with Gasteiger partial charge in [0, 0.05) is 11.5 Å². The smallest absolute Gasteiger partial charge is 0.334 e. The van der Waals surface area contributed by atoms with Gasteiger partial charge in [-0.3, -0.25) is 4.79 Å². The van der Waals surface area contributed by atoms with Gasteiger partial charge in [-0.2, -0.15) is 0 Å². The van der Waals surface area contributed by atoms with Gasteiger partial charge >= 0.3 is 5.97 Å². The Bertz CT molecular complexity index is 926. The van der Waals surface area contributed by atoms with Crippen LogP contribution in [0.1, 0.15) is 48.0 Å². The average Bonchev–Trinajstić information content (AvgIpc) is 3.21. The lowest BCUT2D eigenvalue weighted by molar-refractivity contribution is -0.201. The number of aliphatic hydroxyl groups is 3. The second-order valence-corrected chi connectivity index (χ2v) is 10.6. The molecule has 6 heteroatoms. The van der Waals surface area contributed by atoms with Crippen LogP contribution in [-0.4, -0.2) is 51.5 Å². The van der Waals surface area contributed by atoms with Crippen molar-refractivity contribution in [3.05, 3.63) is 34.9 Å². The van der Waals surface area contributed by atoms with E-state index in [9.17, 15) is 24.9 Å². The van der Waals surface area contributed by atoms with Gasteiger partial charge in [0.1, 0.15) is 6.10 Å². The van der Waals surface area contributed by atoms with E-state index in [4.69, 9.17) is 4.74 Å². The molecule has 1 spiro atoms. The number of hydrogen-bond donors (Lipinski definition) is 3. The summed E-state index contributed by atoms with van der Waals surface area (Å²) in [5.74, 6) is -1.13. The van der Waals surface area contributed by atoms with Crippen molar-refractivity contribution in [2.24, 2.45) is 34.5 Å². The van der Waals surface area contributed by atoms with Crippen LogP contribution >= 0.6 is 0 Å². The molecule has 4 rings (SSSR count). The van der Waals surface area contributed by atoms with Gasteiger partial charge in [-0.25, -0.2) is 4.79 Å². The molecule has 0 heterocycles. The highest BCUT2D eigenvalue weighted by Gasteiger charge is 2.76. The van der Waals surface area contributed by atoms with Gasteiger partial charge in [-0.1, -0.05) is 39.0 Å². The highest BCUT2D eigenvalue weighted by atomic mass is 16.6. The van der Waals surface area contributed by atoms with Gasteiger partial charge in [-0.05, 0) is 61.5 Å². The number of hydrogen-bond acceptors (Lipinski definition) is 6. The van der Waals surface area contributed by atoms with E-state index < -0.39 is 41.7 Å². The van der Waals surface area contributed by atoms with Crippen LogP contribution in [-0.2, 0) is 14.3 Å². The maximum atomic E-state index is 14.2. The number of aliphatic hydroxyl groups excluding tert-OH is 2. The van der Waals surface area contributed by atoms with Gasteiger partial charge in [0.2, 0.25) is 0 Å². The van der Waals surface area contributed by atoms with Gasteiger partial charge < -0.3 is 20.1 Å². The summed E-state index contributed by atoms with van der Waals surface area (Å²) in [5, 5.41) is 33.7. The number of ether oxygens (including phenoxy) is 1. The van der Waals surface area contributed by atoms with Crippen LogP contribution in [0.2, 0.25) is 0 Å². The van der Waals surface area contributed by atoms with Crippen LogP contribution in [0.25, 0.3) is 0 Å². The zero-order valence-corrected chi connectivity index (χ0v) is 19.2. The Labute approximate surface area is 183 Å². The summed E-state index contributed by atoms with van der Waals surface area (Å²) in [4.78, 5) is 26.8. The minimum Gasteiger partial charge on any atom is -0.451 e. The number of allylic oxidation sites excluding steroid dienone is 2. The van der Waals surface area contributed by atoms with Crippen LogP contribution in [0.3, 0.4) is 0 Å². The molecule has 0 aromatic heterocycles. The first-order chi connectivity index (χ1) is 14.4. The molecule has 4 aliphatic rings. The summed E-state index contributed by atoms with van der Waals surface area (Å²) < 4.78 is 5.72. The van der Waals surface area contributed by atoms with Crippen LogP contribution < -0.4 is 0 Å². The van der Waals surface area contributed by atoms with Crippen molar-refractivity contribution in [2.45, 2.75) is 65.8 Å². The molecule has 3 N–H and O–H groups in total. The van der Waals surface area contributed by atoms with E-state index in [0.717, 1.165) is 6.42 Å². The second-order valence-electron chi connectivity index (χ2n) is 10.6. The van der Waals surface area contributed by atoms with Crippen LogP contribution in [0.5, 0.6) is 0 Å². The normalized spacial score (nSPS) is 45.6. The average molecular weight is 431 g/mol. The Morgan fingerprint density at radius 2 is 2.00 bits per heavy atom. The second kappa shape index (κ2) is 6.87. The zero-order chi connectivity index (χ0) is 23.1. The number of rotatable bonds is 3. The van der Waals surface area contributed by atoms with Gasteiger partial charge in [0.05, 0.1) is 12.0 Å². The molecular weight excluding hydrogens is 396 g/mol. The molecule has 2 unspecified atom stereocenters. The molecule has 2 bridgehead atoms. The predicted molar refractivity (Wildman–Crippen MR) is 115 cm³/mol. The fourth-order valence-corrected chi connectivity index (χ4v) is 6.91. The first kappa shape index (κ1) is 22.4. The summed E-state index contributed by atoms with van der Waals surface area (Å²) in [6, 6.07) is 0. The lowest BCUT2D eigenvalue weighted by Crippen LogP contribution is -2.65. The third-order valence-corrected chi connectivity index (χ3v) is 8.88. The largest absolute Gasteiger partial charge is 0.451 e. The maximum Gasteiger partial charge on any atom is 0.334 e. The van der Waals surface area contributed by atoms with E-state index in [1.54, 1.807) is 39.0 Å². The molecule has 0 saturated heterocycles. The molecular formula is C25H34O6. The Kier molecular flexibility index (Phi) is 4.97.